The third-order valence-electron chi connectivity index (χ3n) is 4.79. The van der Waals surface area contributed by atoms with Crippen molar-refractivity contribution in [2.24, 2.45) is 5.73 Å². The fourth-order valence-electron chi connectivity index (χ4n) is 3.10. The third kappa shape index (κ3) is 3.43. The maximum Gasteiger partial charge on any atom is 0.269 e. The fraction of sp³-hybridized carbons (Fsp3) is 0.286. The Labute approximate surface area is 172 Å². The van der Waals surface area contributed by atoms with Gasteiger partial charge in [-0.2, -0.15) is 5.10 Å². The summed E-state index contributed by atoms with van der Waals surface area (Å²) >= 11 is 0. The molecule has 3 aromatic rings. The summed E-state index contributed by atoms with van der Waals surface area (Å²) in [6.07, 6.45) is 0. The molecule has 2 aromatic heterocycles. The highest BCUT2D eigenvalue weighted by Gasteiger charge is 2.34. The fourth-order valence-corrected chi connectivity index (χ4v) is 3.10. The van der Waals surface area contributed by atoms with Gasteiger partial charge in [0, 0.05) is 11.6 Å². The minimum atomic E-state index is -1.51. The van der Waals surface area contributed by atoms with Gasteiger partial charge in [-0.05, 0) is 45.0 Å². The molecule has 3 heterocycles. The van der Waals surface area contributed by atoms with Gasteiger partial charge in [-0.25, -0.2) is 4.68 Å². The Morgan fingerprint density at radius 1 is 1.37 bits per heavy atom. The summed E-state index contributed by atoms with van der Waals surface area (Å²) in [5.74, 6) is 6.01. The molecule has 0 aliphatic carbocycles. The number of nitrogens with two attached hydrogens (primary N) is 1. The number of aryl methyl sites for hydroxylation is 1. The van der Waals surface area contributed by atoms with E-state index in [0.29, 0.717) is 34.1 Å². The second kappa shape index (κ2) is 6.73. The molecule has 0 radical (unpaired) electrons. The van der Waals surface area contributed by atoms with Crippen molar-refractivity contribution in [2.75, 3.05) is 6.61 Å². The third-order valence-corrected chi connectivity index (χ3v) is 4.79. The van der Waals surface area contributed by atoms with E-state index in [1.807, 2.05) is 0 Å². The first kappa shape index (κ1) is 19.7. The van der Waals surface area contributed by atoms with Gasteiger partial charge in [-0.15, -0.1) is 0 Å². The highest BCUT2D eigenvalue weighted by Crippen LogP contribution is 2.34. The Balaban J connectivity index is 1.78. The van der Waals surface area contributed by atoms with Gasteiger partial charge in [0.15, 0.2) is 11.3 Å². The number of carbonyl (C=O) groups is 1. The van der Waals surface area contributed by atoms with Gasteiger partial charge in [-0.1, -0.05) is 17.0 Å². The molecule has 1 aromatic carbocycles. The molecule has 1 aliphatic rings. The number of carbonyl (C=O) groups excluding carboxylic acids is 1. The van der Waals surface area contributed by atoms with E-state index >= 15 is 0 Å². The molecule has 0 saturated carbocycles. The van der Waals surface area contributed by atoms with E-state index < -0.39 is 17.1 Å². The average molecular weight is 408 g/mol. The van der Waals surface area contributed by atoms with E-state index in [2.05, 4.69) is 22.1 Å². The number of aliphatic hydroxyl groups is 2. The van der Waals surface area contributed by atoms with Gasteiger partial charge >= 0.3 is 0 Å². The van der Waals surface area contributed by atoms with Gasteiger partial charge in [-0.3, -0.25) is 4.79 Å². The first-order valence-electron chi connectivity index (χ1n) is 9.16. The summed E-state index contributed by atoms with van der Waals surface area (Å²) in [6, 6.07) is 8.15. The number of hydrogen-bond acceptors (Lipinski definition) is 7. The molecule has 1 aliphatic heterocycles. The summed E-state index contributed by atoms with van der Waals surface area (Å²) in [4.78, 5) is 11.6. The highest BCUT2D eigenvalue weighted by atomic mass is 16.5. The summed E-state index contributed by atoms with van der Waals surface area (Å²) in [5.41, 5.74) is 4.20. The van der Waals surface area contributed by atoms with Gasteiger partial charge in [0.1, 0.15) is 35.1 Å². The van der Waals surface area contributed by atoms with Gasteiger partial charge in [0.2, 0.25) is 0 Å². The molecule has 4 N–H and O–H groups in total. The van der Waals surface area contributed by atoms with E-state index in [-0.39, 0.29) is 12.3 Å². The van der Waals surface area contributed by atoms with Gasteiger partial charge in [0.25, 0.3) is 5.91 Å². The van der Waals surface area contributed by atoms with E-state index in [4.69, 9.17) is 15.0 Å². The van der Waals surface area contributed by atoms with E-state index in [9.17, 15) is 15.0 Å². The lowest BCUT2D eigenvalue weighted by Crippen LogP contribution is -2.30. The lowest BCUT2D eigenvalue weighted by Gasteiger charge is -2.20. The molecular formula is C21H20N4O5. The molecule has 30 heavy (non-hydrogen) atoms. The van der Waals surface area contributed by atoms with Gasteiger partial charge in [0.05, 0.1) is 5.69 Å². The van der Waals surface area contributed by atoms with E-state index in [0.717, 1.165) is 0 Å². The highest BCUT2D eigenvalue weighted by molar-refractivity contribution is 5.91. The van der Waals surface area contributed by atoms with Crippen LogP contribution in [0.15, 0.2) is 34.9 Å². The second-order valence-corrected chi connectivity index (χ2v) is 7.58. The van der Waals surface area contributed by atoms with Crippen LogP contribution in [0, 0.1) is 18.8 Å². The van der Waals surface area contributed by atoms with Crippen LogP contribution < -0.4 is 10.5 Å². The molecule has 1 unspecified atom stereocenters. The predicted molar refractivity (Wildman–Crippen MR) is 105 cm³/mol. The zero-order valence-corrected chi connectivity index (χ0v) is 16.6. The second-order valence-electron chi connectivity index (χ2n) is 7.58. The zero-order chi connectivity index (χ0) is 21.7. The minimum absolute atomic E-state index is 0.0268. The van der Waals surface area contributed by atoms with Crippen LogP contribution in [0.4, 0.5) is 0 Å². The number of benzene rings is 1. The van der Waals surface area contributed by atoms with Crippen LogP contribution in [-0.2, 0) is 11.2 Å². The van der Waals surface area contributed by atoms with Crippen LogP contribution >= 0.6 is 0 Å². The van der Waals surface area contributed by atoms with Crippen LogP contribution in [0.1, 0.15) is 47.0 Å². The number of hydrogen-bond donors (Lipinski definition) is 3. The molecule has 0 fully saturated rings. The molecule has 4 rings (SSSR count). The molecule has 1 amide bonds. The normalized spacial score (nSPS) is 19.4. The Hall–Kier alpha value is -3.61. The zero-order valence-electron chi connectivity index (χ0n) is 16.6. The average Bonchev–Trinajstić information content (AvgIpc) is 3.30. The molecule has 0 saturated heterocycles. The lowest BCUT2D eigenvalue weighted by atomic mass is 10.0. The summed E-state index contributed by atoms with van der Waals surface area (Å²) in [6.45, 7) is 4.78. The molecule has 9 heteroatoms. The van der Waals surface area contributed by atoms with Crippen molar-refractivity contribution in [1.29, 1.82) is 0 Å². The monoisotopic (exact) mass is 408 g/mol. The molecule has 2 atom stereocenters. The van der Waals surface area contributed by atoms with Crippen LogP contribution in [0.3, 0.4) is 0 Å². The Kier molecular flexibility index (Phi) is 4.42. The Bertz CT molecular complexity index is 1210. The van der Waals surface area contributed by atoms with E-state index in [1.54, 1.807) is 38.1 Å². The summed E-state index contributed by atoms with van der Waals surface area (Å²) in [7, 11) is 0. The van der Waals surface area contributed by atoms with Gasteiger partial charge < -0.3 is 25.2 Å². The molecule has 0 bridgehead atoms. The Morgan fingerprint density at radius 3 is 2.80 bits per heavy atom. The van der Waals surface area contributed by atoms with Crippen molar-refractivity contribution in [3.63, 3.8) is 0 Å². The van der Waals surface area contributed by atoms with Crippen molar-refractivity contribution in [3.8, 4) is 23.3 Å². The quantitative estimate of drug-likeness (QED) is 0.541. The number of rotatable bonds is 2. The lowest BCUT2D eigenvalue weighted by molar-refractivity contribution is 0.00607. The van der Waals surface area contributed by atoms with Crippen molar-refractivity contribution in [2.45, 2.75) is 32.0 Å². The van der Waals surface area contributed by atoms with Crippen LogP contribution in [-0.4, -0.2) is 37.7 Å². The summed E-state index contributed by atoms with van der Waals surface area (Å²) < 4.78 is 12.2. The maximum absolute atomic E-state index is 11.6. The number of primary amides is 1. The first-order valence-corrected chi connectivity index (χ1v) is 9.16. The molecule has 154 valence electrons. The maximum atomic E-state index is 11.6. The van der Waals surface area contributed by atoms with Crippen molar-refractivity contribution in [1.82, 2.24) is 14.9 Å². The smallest absolute Gasteiger partial charge is 0.269 e. The first-order chi connectivity index (χ1) is 14.1. The topological polar surface area (TPSA) is 137 Å². The van der Waals surface area contributed by atoms with Crippen molar-refractivity contribution in [3.05, 3.63) is 58.7 Å². The number of nitrogens with zero attached hydrogens (tertiary/aromatic N) is 3. The largest absolute Gasteiger partial charge is 0.488 e. The number of ether oxygens (including phenoxy) is 1. The molecule has 9 nitrogen and oxygen atoms in total. The van der Waals surface area contributed by atoms with Crippen LogP contribution in [0.25, 0.3) is 5.69 Å². The number of amides is 1. The minimum Gasteiger partial charge on any atom is -0.488 e. The van der Waals surface area contributed by atoms with Crippen molar-refractivity contribution >= 4 is 5.91 Å². The molecule has 0 spiro atoms. The Morgan fingerprint density at radius 2 is 2.13 bits per heavy atom. The van der Waals surface area contributed by atoms with E-state index in [1.165, 1.54) is 17.7 Å². The number of fused-ring (bicyclic) bond motifs is 3. The summed E-state index contributed by atoms with van der Waals surface area (Å²) in [5, 5.41) is 29.4. The number of aromatic nitrogens is 3. The van der Waals surface area contributed by atoms with Crippen LogP contribution in [0.2, 0.25) is 0 Å². The van der Waals surface area contributed by atoms with Crippen LogP contribution in [0.5, 0.6) is 5.75 Å². The standard InChI is InChI=1S/C21H20N4O5/c1-12-8-17(24-30-12)20(2,27)7-6-13-4-5-16-15(9-13)25-18(21(3,28)11-29-16)10-14(23-25)19(22)26/h4-5,8-10,27-28H,11H2,1-3H3,(H2,22,26)/t20-,21?/m1/s1. The predicted octanol–water partition coefficient (Wildman–Crippen LogP) is 1.13. The molecular weight excluding hydrogens is 388 g/mol. The SMILES string of the molecule is Cc1cc([C@](C)(O)C#Cc2ccc3c(c2)-n2nc(C(N)=O)cc2C(C)(O)CO3)no1. The van der Waals surface area contributed by atoms with Crippen molar-refractivity contribution < 1.29 is 24.3 Å².